The van der Waals surface area contributed by atoms with Gasteiger partial charge >= 0.3 is 0 Å². The van der Waals surface area contributed by atoms with Crippen molar-refractivity contribution >= 4 is 5.91 Å². The van der Waals surface area contributed by atoms with Crippen LogP contribution in [-0.4, -0.2) is 20.9 Å². The summed E-state index contributed by atoms with van der Waals surface area (Å²) < 4.78 is 1.72. The van der Waals surface area contributed by atoms with Crippen LogP contribution >= 0.6 is 0 Å². The third-order valence-corrected chi connectivity index (χ3v) is 6.34. The molecule has 6 nitrogen and oxygen atoms in total. The van der Waals surface area contributed by atoms with Gasteiger partial charge in [-0.15, -0.1) is 5.10 Å². The average Bonchev–Trinajstić information content (AvgIpc) is 3.05. The Morgan fingerprint density at radius 1 is 1.20 bits per heavy atom. The summed E-state index contributed by atoms with van der Waals surface area (Å²) >= 11 is 0. The van der Waals surface area contributed by atoms with Gasteiger partial charge in [0.1, 0.15) is 5.69 Å². The molecule has 0 saturated heterocycles. The van der Waals surface area contributed by atoms with Crippen LogP contribution in [0.3, 0.4) is 0 Å². The molecule has 3 fully saturated rings. The van der Waals surface area contributed by atoms with Crippen LogP contribution in [0.2, 0.25) is 0 Å². The van der Waals surface area contributed by atoms with Gasteiger partial charge in [0.25, 0.3) is 0 Å². The third kappa shape index (κ3) is 3.29. The van der Waals surface area contributed by atoms with Crippen LogP contribution < -0.4 is 5.32 Å². The molecule has 1 N–H and O–H groups in total. The number of amides is 1. The molecule has 25 heavy (non-hydrogen) atoms. The highest BCUT2D eigenvalue weighted by Gasteiger charge is 2.47. The van der Waals surface area contributed by atoms with Crippen molar-refractivity contribution in [1.29, 1.82) is 5.26 Å². The molecule has 0 spiro atoms. The Morgan fingerprint density at radius 3 is 2.52 bits per heavy atom. The minimum absolute atomic E-state index is 0.0587. The number of hydrogen-bond acceptors (Lipinski definition) is 4. The number of nitrogens with zero attached hydrogens (tertiary/aromatic N) is 4. The maximum atomic E-state index is 12.7. The zero-order chi connectivity index (χ0) is 17.3. The molecule has 3 aliphatic carbocycles. The van der Waals surface area contributed by atoms with E-state index in [1.165, 1.54) is 19.3 Å². The van der Waals surface area contributed by atoms with Crippen molar-refractivity contribution < 1.29 is 4.79 Å². The van der Waals surface area contributed by atoms with Gasteiger partial charge in [-0.1, -0.05) is 37.3 Å². The molecule has 0 unspecified atom stereocenters. The van der Waals surface area contributed by atoms with E-state index in [0.717, 1.165) is 57.1 Å². The summed E-state index contributed by atoms with van der Waals surface area (Å²) in [5.41, 5.74) is 0.345. The number of nitrogens with one attached hydrogen (secondary N) is 1. The Labute approximate surface area is 149 Å². The van der Waals surface area contributed by atoms with Gasteiger partial charge in [0, 0.05) is 5.92 Å². The Hall–Kier alpha value is -1.90. The molecule has 0 aliphatic heterocycles. The van der Waals surface area contributed by atoms with Crippen molar-refractivity contribution in [2.75, 3.05) is 0 Å². The summed E-state index contributed by atoms with van der Waals surface area (Å²) in [5, 5.41) is 21.3. The quantitative estimate of drug-likeness (QED) is 0.891. The number of hydrogen-bond donors (Lipinski definition) is 1. The number of aromatic nitrogens is 3. The molecule has 0 radical (unpaired) electrons. The monoisotopic (exact) mass is 341 g/mol. The van der Waals surface area contributed by atoms with Gasteiger partial charge in [0.2, 0.25) is 5.91 Å². The zero-order valence-corrected chi connectivity index (χ0v) is 14.8. The lowest BCUT2D eigenvalue weighted by atomic mass is 9.82. The molecule has 1 aromatic rings. The molecular formula is C19H27N5O. The van der Waals surface area contributed by atoms with Crippen molar-refractivity contribution in [1.82, 2.24) is 20.3 Å². The van der Waals surface area contributed by atoms with Crippen molar-refractivity contribution in [3.8, 4) is 6.07 Å². The lowest BCUT2D eigenvalue weighted by Crippen LogP contribution is -2.37. The SMILES string of the molecule is N#CC1(n2cc([C@@H](NC(=O)C3CCCC3)C3CCCCC3)nn2)CC1. The second-order valence-corrected chi connectivity index (χ2v) is 8.10. The minimum atomic E-state index is -0.488. The van der Waals surface area contributed by atoms with Crippen molar-refractivity contribution in [3.63, 3.8) is 0 Å². The second kappa shape index (κ2) is 6.78. The molecule has 3 saturated carbocycles. The van der Waals surface area contributed by atoms with E-state index in [4.69, 9.17) is 0 Å². The molecule has 0 aromatic carbocycles. The topological polar surface area (TPSA) is 83.6 Å². The Balaban J connectivity index is 1.54. The van der Waals surface area contributed by atoms with Gasteiger partial charge in [0.05, 0.1) is 18.3 Å². The highest BCUT2D eigenvalue weighted by Crippen LogP contribution is 2.43. The standard InChI is InChI=1S/C19H27N5O/c20-13-19(10-11-19)24-12-16(22-23-24)17(14-6-2-1-3-7-14)21-18(25)15-8-4-5-9-15/h12,14-15,17H,1-11H2,(H,21,25)/t17-/m0/s1. The van der Waals surface area contributed by atoms with E-state index in [1.807, 2.05) is 6.20 Å². The summed E-state index contributed by atoms with van der Waals surface area (Å²) in [5.74, 6) is 0.778. The Kier molecular flexibility index (Phi) is 4.49. The summed E-state index contributed by atoms with van der Waals surface area (Å²) in [4.78, 5) is 12.7. The Bertz CT molecular complexity index is 660. The highest BCUT2D eigenvalue weighted by atomic mass is 16.2. The first-order valence-electron chi connectivity index (χ1n) is 9.86. The van der Waals surface area contributed by atoms with Gasteiger partial charge in [-0.05, 0) is 44.4 Å². The molecule has 4 rings (SSSR count). The van der Waals surface area contributed by atoms with E-state index >= 15 is 0 Å². The molecular weight excluding hydrogens is 314 g/mol. The van der Waals surface area contributed by atoms with Crippen LogP contribution in [0, 0.1) is 23.2 Å². The molecule has 3 aliphatic rings. The number of carbonyl (C=O) groups excluding carboxylic acids is 1. The molecule has 1 atom stereocenters. The molecule has 1 amide bonds. The second-order valence-electron chi connectivity index (χ2n) is 8.10. The predicted octanol–water partition coefficient (Wildman–Crippen LogP) is 3.22. The van der Waals surface area contributed by atoms with Crippen LogP contribution in [0.4, 0.5) is 0 Å². The Morgan fingerprint density at radius 2 is 1.88 bits per heavy atom. The first kappa shape index (κ1) is 16.6. The molecule has 1 aromatic heterocycles. The fourth-order valence-electron chi connectivity index (χ4n) is 4.50. The van der Waals surface area contributed by atoms with Crippen molar-refractivity contribution in [2.45, 2.75) is 82.2 Å². The lowest BCUT2D eigenvalue weighted by molar-refractivity contribution is -0.126. The van der Waals surface area contributed by atoms with Gasteiger partial charge in [-0.2, -0.15) is 5.26 Å². The smallest absolute Gasteiger partial charge is 0.223 e. The van der Waals surface area contributed by atoms with E-state index in [2.05, 4.69) is 21.7 Å². The lowest BCUT2D eigenvalue weighted by Gasteiger charge is -2.30. The van der Waals surface area contributed by atoms with Crippen LogP contribution in [-0.2, 0) is 10.3 Å². The molecule has 134 valence electrons. The summed E-state index contributed by atoms with van der Waals surface area (Å²) in [6, 6.07) is 2.30. The summed E-state index contributed by atoms with van der Waals surface area (Å²) in [6.07, 6.45) is 13.9. The number of carbonyl (C=O) groups is 1. The van der Waals surface area contributed by atoms with Crippen molar-refractivity contribution in [2.24, 2.45) is 11.8 Å². The van der Waals surface area contributed by atoms with Crippen LogP contribution in [0.15, 0.2) is 6.20 Å². The normalized spacial score (nSPS) is 24.6. The fourth-order valence-corrected chi connectivity index (χ4v) is 4.50. The van der Waals surface area contributed by atoms with Gasteiger partial charge in [-0.25, -0.2) is 4.68 Å². The zero-order valence-electron chi connectivity index (χ0n) is 14.8. The molecule has 0 bridgehead atoms. The van der Waals surface area contributed by atoms with E-state index in [9.17, 15) is 10.1 Å². The molecule has 1 heterocycles. The maximum absolute atomic E-state index is 12.7. The van der Waals surface area contributed by atoms with E-state index in [0.29, 0.717) is 5.92 Å². The predicted molar refractivity (Wildman–Crippen MR) is 92.3 cm³/mol. The van der Waals surface area contributed by atoms with Crippen LogP contribution in [0.5, 0.6) is 0 Å². The number of nitriles is 1. The van der Waals surface area contributed by atoms with E-state index in [1.54, 1.807) is 4.68 Å². The van der Waals surface area contributed by atoms with Gasteiger partial charge < -0.3 is 5.32 Å². The van der Waals surface area contributed by atoms with Crippen LogP contribution in [0.1, 0.15) is 82.4 Å². The number of rotatable bonds is 5. The van der Waals surface area contributed by atoms with E-state index in [-0.39, 0.29) is 17.9 Å². The van der Waals surface area contributed by atoms with Gasteiger partial charge in [0.15, 0.2) is 5.54 Å². The third-order valence-electron chi connectivity index (χ3n) is 6.34. The first-order valence-corrected chi connectivity index (χ1v) is 9.86. The fraction of sp³-hybridized carbons (Fsp3) is 0.789. The van der Waals surface area contributed by atoms with E-state index < -0.39 is 5.54 Å². The first-order chi connectivity index (χ1) is 12.2. The largest absolute Gasteiger partial charge is 0.347 e. The minimum Gasteiger partial charge on any atom is -0.347 e. The average molecular weight is 341 g/mol. The van der Waals surface area contributed by atoms with Gasteiger partial charge in [-0.3, -0.25) is 4.79 Å². The summed E-state index contributed by atoms with van der Waals surface area (Å²) in [6.45, 7) is 0. The summed E-state index contributed by atoms with van der Waals surface area (Å²) in [7, 11) is 0. The highest BCUT2D eigenvalue weighted by molar-refractivity contribution is 5.79. The maximum Gasteiger partial charge on any atom is 0.223 e. The molecule has 6 heteroatoms. The van der Waals surface area contributed by atoms with Crippen LogP contribution in [0.25, 0.3) is 0 Å². The van der Waals surface area contributed by atoms with Crippen molar-refractivity contribution in [3.05, 3.63) is 11.9 Å².